The van der Waals surface area contributed by atoms with E-state index in [1.54, 1.807) is 0 Å². The van der Waals surface area contributed by atoms with Crippen LogP contribution in [0.15, 0.2) is 23.1 Å². The molecule has 1 aromatic rings. The normalized spacial score (nSPS) is 12.3. The van der Waals surface area contributed by atoms with Gasteiger partial charge in [-0.1, -0.05) is 0 Å². The SMILES string of the molecule is CC(C)N(C)CCCNS(=O)(=O)c1cc(F)ccc1N. The molecule has 0 atom stereocenters. The molecule has 0 bridgehead atoms. The van der Waals surface area contributed by atoms with E-state index in [1.807, 2.05) is 7.05 Å². The molecule has 0 fully saturated rings. The van der Waals surface area contributed by atoms with Gasteiger partial charge in [0.1, 0.15) is 10.7 Å². The minimum absolute atomic E-state index is 0.0400. The van der Waals surface area contributed by atoms with Crippen molar-refractivity contribution in [3.05, 3.63) is 24.0 Å². The van der Waals surface area contributed by atoms with Gasteiger partial charge in [0.05, 0.1) is 5.69 Å². The molecule has 0 heterocycles. The van der Waals surface area contributed by atoms with Gasteiger partial charge in [-0.2, -0.15) is 0 Å². The number of hydrogen-bond acceptors (Lipinski definition) is 4. The zero-order valence-electron chi connectivity index (χ0n) is 12.1. The van der Waals surface area contributed by atoms with Crippen LogP contribution >= 0.6 is 0 Å². The summed E-state index contributed by atoms with van der Waals surface area (Å²) in [5, 5.41) is 0. The zero-order chi connectivity index (χ0) is 15.3. The number of benzene rings is 1. The van der Waals surface area contributed by atoms with Crippen molar-refractivity contribution in [2.24, 2.45) is 0 Å². The molecule has 0 amide bonds. The van der Waals surface area contributed by atoms with Crippen LogP contribution in [0, 0.1) is 5.82 Å². The molecule has 114 valence electrons. The summed E-state index contributed by atoms with van der Waals surface area (Å²) < 4.78 is 39.6. The molecular weight excluding hydrogens is 281 g/mol. The molecule has 1 aromatic carbocycles. The van der Waals surface area contributed by atoms with Crippen molar-refractivity contribution in [1.82, 2.24) is 9.62 Å². The molecular formula is C13H22FN3O2S. The van der Waals surface area contributed by atoms with Crippen molar-refractivity contribution >= 4 is 15.7 Å². The van der Waals surface area contributed by atoms with Gasteiger partial charge in [0, 0.05) is 12.6 Å². The molecule has 20 heavy (non-hydrogen) atoms. The molecule has 0 spiro atoms. The Labute approximate surface area is 120 Å². The van der Waals surface area contributed by atoms with E-state index in [9.17, 15) is 12.8 Å². The summed E-state index contributed by atoms with van der Waals surface area (Å²) in [6.07, 6.45) is 0.670. The standard InChI is InChI=1S/C13H22FN3O2S/c1-10(2)17(3)8-4-7-16-20(18,19)13-9-11(14)5-6-12(13)15/h5-6,9-10,16H,4,7-8,15H2,1-3H3. The summed E-state index contributed by atoms with van der Waals surface area (Å²) in [6, 6.07) is 3.71. The maximum atomic E-state index is 13.1. The number of nitrogens with one attached hydrogen (secondary N) is 1. The number of nitrogens with zero attached hydrogens (tertiary/aromatic N) is 1. The van der Waals surface area contributed by atoms with E-state index in [0.29, 0.717) is 12.5 Å². The molecule has 0 radical (unpaired) electrons. The maximum absolute atomic E-state index is 13.1. The molecule has 7 heteroatoms. The molecule has 3 N–H and O–H groups in total. The van der Waals surface area contributed by atoms with E-state index in [1.165, 1.54) is 6.07 Å². The van der Waals surface area contributed by atoms with E-state index in [0.717, 1.165) is 18.7 Å². The second kappa shape index (κ2) is 7.01. The monoisotopic (exact) mass is 303 g/mol. The van der Waals surface area contributed by atoms with Crippen molar-refractivity contribution in [2.45, 2.75) is 31.2 Å². The van der Waals surface area contributed by atoms with Gasteiger partial charge >= 0.3 is 0 Å². The Balaban J connectivity index is 2.60. The van der Waals surface area contributed by atoms with Crippen LogP contribution in [-0.2, 0) is 10.0 Å². The molecule has 0 aliphatic carbocycles. The lowest BCUT2D eigenvalue weighted by atomic mass is 10.3. The van der Waals surface area contributed by atoms with Gasteiger partial charge < -0.3 is 10.6 Å². The van der Waals surface area contributed by atoms with Crippen LogP contribution in [-0.4, -0.2) is 39.5 Å². The van der Waals surface area contributed by atoms with Gasteiger partial charge in [-0.15, -0.1) is 0 Å². The van der Waals surface area contributed by atoms with Crippen molar-refractivity contribution in [3.63, 3.8) is 0 Å². The highest BCUT2D eigenvalue weighted by molar-refractivity contribution is 7.89. The number of hydrogen-bond donors (Lipinski definition) is 2. The molecule has 0 aliphatic rings. The van der Waals surface area contributed by atoms with Crippen molar-refractivity contribution in [1.29, 1.82) is 0 Å². The van der Waals surface area contributed by atoms with Gasteiger partial charge in [0.25, 0.3) is 0 Å². The molecule has 0 unspecified atom stereocenters. The Bertz CT molecular complexity index is 547. The number of sulfonamides is 1. The lowest BCUT2D eigenvalue weighted by Gasteiger charge is -2.20. The second-order valence-corrected chi connectivity index (χ2v) is 6.74. The molecule has 1 rings (SSSR count). The highest BCUT2D eigenvalue weighted by Crippen LogP contribution is 2.18. The smallest absolute Gasteiger partial charge is 0.242 e. The second-order valence-electron chi connectivity index (χ2n) is 5.01. The first-order chi connectivity index (χ1) is 9.24. The van der Waals surface area contributed by atoms with Crippen LogP contribution in [0.4, 0.5) is 10.1 Å². The summed E-state index contributed by atoms with van der Waals surface area (Å²) in [6.45, 7) is 5.20. The van der Waals surface area contributed by atoms with Gasteiger partial charge in [-0.25, -0.2) is 17.5 Å². The molecule has 0 aromatic heterocycles. The van der Waals surface area contributed by atoms with Crippen LogP contribution in [0.2, 0.25) is 0 Å². The summed E-state index contributed by atoms with van der Waals surface area (Å²) in [7, 11) is -1.79. The number of anilines is 1. The molecule has 5 nitrogen and oxygen atoms in total. The van der Waals surface area contributed by atoms with Crippen LogP contribution in [0.5, 0.6) is 0 Å². The van der Waals surface area contributed by atoms with E-state index in [2.05, 4.69) is 23.5 Å². The quantitative estimate of drug-likeness (QED) is 0.590. The number of nitrogens with two attached hydrogens (primary N) is 1. The molecule has 0 saturated heterocycles. The molecule has 0 saturated carbocycles. The van der Waals surface area contributed by atoms with Crippen LogP contribution in [0.1, 0.15) is 20.3 Å². The fraction of sp³-hybridized carbons (Fsp3) is 0.538. The van der Waals surface area contributed by atoms with Crippen LogP contribution < -0.4 is 10.5 Å². The largest absolute Gasteiger partial charge is 0.398 e. The number of halogens is 1. The highest BCUT2D eigenvalue weighted by atomic mass is 32.2. The van der Waals surface area contributed by atoms with Gasteiger partial charge in [-0.3, -0.25) is 0 Å². The highest BCUT2D eigenvalue weighted by Gasteiger charge is 2.17. The van der Waals surface area contributed by atoms with E-state index in [4.69, 9.17) is 5.73 Å². The number of nitrogen functional groups attached to an aromatic ring is 1. The van der Waals surface area contributed by atoms with Crippen molar-refractivity contribution < 1.29 is 12.8 Å². The Morgan fingerprint density at radius 3 is 2.65 bits per heavy atom. The Hall–Kier alpha value is -1.18. The minimum atomic E-state index is -3.77. The van der Waals surface area contributed by atoms with E-state index >= 15 is 0 Å². The number of rotatable bonds is 7. The Morgan fingerprint density at radius 2 is 2.05 bits per heavy atom. The van der Waals surface area contributed by atoms with Crippen molar-refractivity contribution in [3.8, 4) is 0 Å². The van der Waals surface area contributed by atoms with Crippen molar-refractivity contribution in [2.75, 3.05) is 25.9 Å². The van der Waals surface area contributed by atoms with Crippen LogP contribution in [0.3, 0.4) is 0 Å². The average molecular weight is 303 g/mol. The average Bonchev–Trinajstić information content (AvgIpc) is 2.37. The van der Waals surface area contributed by atoms with Crippen LogP contribution in [0.25, 0.3) is 0 Å². The first-order valence-corrected chi connectivity index (χ1v) is 7.97. The fourth-order valence-corrected chi connectivity index (χ4v) is 2.83. The summed E-state index contributed by atoms with van der Waals surface area (Å²) >= 11 is 0. The summed E-state index contributed by atoms with van der Waals surface area (Å²) in [5.74, 6) is -0.626. The summed E-state index contributed by atoms with van der Waals surface area (Å²) in [5.41, 5.74) is 5.61. The Kier molecular flexibility index (Phi) is 5.91. The fourth-order valence-electron chi connectivity index (χ4n) is 1.61. The third-order valence-electron chi connectivity index (χ3n) is 3.13. The predicted molar refractivity (Wildman–Crippen MR) is 78.4 cm³/mol. The maximum Gasteiger partial charge on any atom is 0.242 e. The first kappa shape index (κ1) is 16.9. The molecule has 0 aliphatic heterocycles. The predicted octanol–water partition coefficient (Wildman–Crippen LogP) is 1.42. The van der Waals surface area contributed by atoms with Gasteiger partial charge in [0.2, 0.25) is 10.0 Å². The van der Waals surface area contributed by atoms with Gasteiger partial charge in [-0.05, 0) is 52.1 Å². The van der Waals surface area contributed by atoms with Gasteiger partial charge in [0.15, 0.2) is 0 Å². The third kappa shape index (κ3) is 4.73. The van der Waals surface area contributed by atoms with E-state index in [-0.39, 0.29) is 17.1 Å². The third-order valence-corrected chi connectivity index (χ3v) is 4.64. The lowest BCUT2D eigenvalue weighted by Crippen LogP contribution is -2.31. The topological polar surface area (TPSA) is 75.4 Å². The van der Waals surface area contributed by atoms with E-state index < -0.39 is 15.8 Å². The minimum Gasteiger partial charge on any atom is -0.398 e. The zero-order valence-corrected chi connectivity index (χ0v) is 12.9. The first-order valence-electron chi connectivity index (χ1n) is 6.49. The Morgan fingerprint density at radius 1 is 1.40 bits per heavy atom. The lowest BCUT2D eigenvalue weighted by molar-refractivity contribution is 0.271. The summed E-state index contributed by atoms with van der Waals surface area (Å²) in [4.78, 5) is 1.90.